The van der Waals surface area contributed by atoms with Gasteiger partial charge in [-0.25, -0.2) is 0 Å². The van der Waals surface area contributed by atoms with Gasteiger partial charge in [0.2, 0.25) is 53.2 Å². The maximum atomic E-state index is 13.1. The lowest BCUT2D eigenvalue weighted by atomic mass is 10.0. The molecule has 0 aliphatic rings. The van der Waals surface area contributed by atoms with Crippen LogP contribution < -0.4 is 48.7 Å². The van der Waals surface area contributed by atoms with Crippen LogP contribution in [-0.4, -0.2) is 130 Å². The van der Waals surface area contributed by atoms with Crippen molar-refractivity contribution in [2.75, 3.05) is 13.2 Å². The summed E-state index contributed by atoms with van der Waals surface area (Å²) < 4.78 is 0. The first-order valence-electron chi connectivity index (χ1n) is 16.7. The SMILES string of the molecule is CC(=O)N[C@@H](CCC(=O)O)C(=O)N[C@H](C(=O)N[C@H](C(=O)NCC(=O)N[C@H](C(=O)N[C@@H](CO)C(=O)N[C@@H](CCC(N)=O)C(N)=O)C(C)C)C(C)C)[C@@H](C)O. The highest BCUT2D eigenvalue weighted by Gasteiger charge is 2.34. The maximum Gasteiger partial charge on any atom is 0.303 e. The number of carboxylic acids is 1. The fourth-order valence-electron chi connectivity index (χ4n) is 4.56. The summed E-state index contributed by atoms with van der Waals surface area (Å²) in [6.45, 7) is 6.86. The smallest absolute Gasteiger partial charge is 0.303 e. The summed E-state index contributed by atoms with van der Waals surface area (Å²) in [6, 6.07) is -8.53. The number of carboxylic acid groups (broad SMARTS) is 1. The van der Waals surface area contributed by atoms with Crippen LogP contribution in [0.2, 0.25) is 0 Å². The van der Waals surface area contributed by atoms with Crippen LogP contribution in [0, 0.1) is 11.8 Å². The van der Waals surface area contributed by atoms with Gasteiger partial charge < -0.3 is 64.0 Å². The third-order valence-electron chi connectivity index (χ3n) is 7.49. The molecule has 0 heterocycles. The fourth-order valence-corrected chi connectivity index (χ4v) is 4.56. The summed E-state index contributed by atoms with van der Waals surface area (Å²) in [5.41, 5.74) is 10.3. The number of primary amides is 2. The first-order chi connectivity index (χ1) is 24.5. The zero-order valence-corrected chi connectivity index (χ0v) is 30.5. The Morgan fingerprint density at radius 3 is 1.51 bits per heavy atom. The number of nitrogens with two attached hydrogens (primary N) is 2. The van der Waals surface area contributed by atoms with Gasteiger partial charge in [-0.1, -0.05) is 27.7 Å². The number of aliphatic carboxylic acids is 1. The highest BCUT2D eigenvalue weighted by molar-refractivity contribution is 5.97. The molecule has 22 nitrogen and oxygen atoms in total. The summed E-state index contributed by atoms with van der Waals surface area (Å²) in [5.74, 6) is -10.5. The number of carbonyl (C=O) groups excluding carboxylic acids is 9. The summed E-state index contributed by atoms with van der Waals surface area (Å²) in [6.07, 6.45) is -2.84. The van der Waals surface area contributed by atoms with Gasteiger partial charge in [0.05, 0.1) is 19.3 Å². The lowest BCUT2D eigenvalue weighted by Crippen LogP contribution is -2.61. The average molecular weight is 760 g/mol. The Balaban J connectivity index is 5.58. The molecular weight excluding hydrogens is 706 g/mol. The molecule has 53 heavy (non-hydrogen) atoms. The van der Waals surface area contributed by atoms with Crippen LogP contribution in [-0.2, 0) is 47.9 Å². The van der Waals surface area contributed by atoms with E-state index in [-0.39, 0.29) is 19.3 Å². The van der Waals surface area contributed by atoms with Crippen molar-refractivity contribution in [2.24, 2.45) is 23.3 Å². The monoisotopic (exact) mass is 759 g/mol. The molecule has 9 amide bonds. The molecule has 0 spiro atoms. The predicted molar refractivity (Wildman–Crippen MR) is 183 cm³/mol. The zero-order valence-electron chi connectivity index (χ0n) is 30.5. The molecule has 0 unspecified atom stereocenters. The molecule has 0 saturated carbocycles. The largest absolute Gasteiger partial charge is 0.481 e. The van der Waals surface area contributed by atoms with Crippen molar-refractivity contribution in [2.45, 2.75) is 110 Å². The number of hydrogen-bond acceptors (Lipinski definition) is 12. The third-order valence-corrected chi connectivity index (χ3v) is 7.49. The van der Waals surface area contributed by atoms with Crippen molar-refractivity contribution in [3.8, 4) is 0 Å². The molecule has 0 aliphatic heterocycles. The number of rotatable bonds is 24. The van der Waals surface area contributed by atoms with Crippen molar-refractivity contribution in [1.82, 2.24) is 37.2 Å². The number of amides is 9. The van der Waals surface area contributed by atoms with E-state index in [0.717, 1.165) is 6.92 Å². The highest BCUT2D eigenvalue weighted by Crippen LogP contribution is 2.07. The van der Waals surface area contributed by atoms with E-state index in [1.807, 2.05) is 0 Å². The van der Waals surface area contributed by atoms with Crippen LogP contribution in [0.25, 0.3) is 0 Å². The van der Waals surface area contributed by atoms with Crippen LogP contribution in [0.4, 0.5) is 0 Å². The molecule has 0 fully saturated rings. The number of nitrogens with one attached hydrogen (secondary N) is 7. The molecule has 0 aromatic carbocycles. The first kappa shape index (κ1) is 47.6. The first-order valence-corrected chi connectivity index (χ1v) is 16.7. The zero-order chi connectivity index (χ0) is 41.2. The van der Waals surface area contributed by atoms with Gasteiger partial charge in [-0.05, 0) is 31.6 Å². The van der Waals surface area contributed by atoms with E-state index in [9.17, 15) is 58.2 Å². The normalized spacial score (nSPS) is 14.9. The molecule has 0 rings (SSSR count). The molecule has 7 atom stereocenters. The van der Waals surface area contributed by atoms with E-state index in [2.05, 4.69) is 37.2 Å². The Hall–Kier alpha value is -5.38. The second kappa shape index (κ2) is 23.2. The molecule has 300 valence electrons. The van der Waals surface area contributed by atoms with Gasteiger partial charge in [0, 0.05) is 19.8 Å². The lowest BCUT2D eigenvalue weighted by Gasteiger charge is -2.28. The minimum Gasteiger partial charge on any atom is -0.481 e. The highest BCUT2D eigenvalue weighted by atomic mass is 16.4. The van der Waals surface area contributed by atoms with Crippen LogP contribution in [0.5, 0.6) is 0 Å². The van der Waals surface area contributed by atoms with Gasteiger partial charge in [-0.15, -0.1) is 0 Å². The van der Waals surface area contributed by atoms with Crippen LogP contribution in [0.3, 0.4) is 0 Å². The summed E-state index contributed by atoms with van der Waals surface area (Å²) >= 11 is 0. The van der Waals surface area contributed by atoms with E-state index in [1.54, 1.807) is 27.7 Å². The van der Waals surface area contributed by atoms with Crippen molar-refractivity contribution in [1.29, 1.82) is 0 Å². The Labute approximate surface area is 305 Å². The third kappa shape index (κ3) is 18.1. The molecule has 0 aromatic rings. The average Bonchev–Trinajstić information content (AvgIpc) is 3.04. The Bertz CT molecular complexity index is 1360. The Morgan fingerprint density at radius 2 is 1.06 bits per heavy atom. The molecule has 0 aliphatic carbocycles. The second-order valence-corrected chi connectivity index (χ2v) is 12.9. The van der Waals surface area contributed by atoms with E-state index in [1.165, 1.54) is 6.92 Å². The molecule has 0 bridgehead atoms. The quantitative estimate of drug-likeness (QED) is 0.0437. The number of aliphatic hydroxyl groups is 2. The molecule has 0 aromatic heterocycles. The minimum absolute atomic E-state index is 0.228. The summed E-state index contributed by atoms with van der Waals surface area (Å²) in [7, 11) is 0. The molecule has 14 N–H and O–H groups in total. The van der Waals surface area contributed by atoms with E-state index in [4.69, 9.17) is 16.6 Å². The molecule has 0 radical (unpaired) electrons. The summed E-state index contributed by atoms with van der Waals surface area (Å²) in [5, 5.41) is 45.0. The van der Waals surface area contributed by atoms with Gasteiger partial charge in [0.25, 0.3) is 0 Å². The fraction of sp³-hybridized carbons (Fsp3) is 0.677. The Morgan fingerprint density at radius 1 is 0.585 bits per heavy atom. The number of carbonyl (C=O) groups is 10. The predicted octanol–water partition coefficient (Wildman–Crippen LogP) is -5.67. The molecular formula is C31H53N9O13. The van der Waals surface area contributed by atoms with Crippen LogP contribution in [0.15, 0.2) is 0 Å². The number of aliphatic hydroxyl groups excluding tert-OH is 2. The summed E-state index contributed by atoms with van der Waals surface area (Å²) in [4.78, 5) is 123. The van der Waals surface area contributed by atoms with E-state index < -0.39 is 133 Å². The van der Waals surface area contributed by atoms with E-state index >= 15 is 0 Å². The van der Waals surface area contributed by atoms with Crippen molar-refractivity contribution in [3.63, 3.8) is 0 Å². The lowest BCUT2D eigenvalue weighted by molar-refractivity contribution is -0.139. The maximum absolute atomic E-state index is 13.1. The van der Waals surface area contributed by atoms with E-state index in [0.29, 0.717) is 0 Å². The minimum atomic E-state index is -1.65. The molecule has 0 saturated heterocycles. The van der Waals surface area contributed by atoms with Crippen molar-refractivity contribution < 1.29 is 63.3 Å². The Kier molecular flexibility index (Phi) is 20.9. The second-order valence-electron chi connectivity index (χ2n) is 12.9. The van der Waals surface area contributed by atoms with Gasteiger partial charge in [0.1, 0.15) is 36.3 Å². The topological polar surface area (TPSA) is 368 Å². The van der Waals surface area contributed by atoms with Crippen LogP contribution >= 0.6 is 0 Å². The van der Waals surface area contributed by atoms with Crippen molar-refractivity contribution in [3.05, 3.63) is 0 Å². The number of hydrogen-bond donors (Lipinski definition) is 12. The van der Waals surface area contributed by atoms with Gasteiger partial charge in [0.15, 0.2) is 0 Å². The molecule has 22 heteroatoms. The van der Waals surface area contributed by atoms with Gasteiger partial charge >= 0.3 is 5.97 Å². The van der Waals surface area contributed by atoms with Crippen molar-refractivity contribution >= 4 is 59.1 Å². The van der Waals surface area contributed by atoms with Crippen LogP contribution in [0.1, 0.15) is 67.2 Å². The standard InChI is InChI=1S/C31H53N9O13/c1-13(2)23(39-31(53)25(15(5)42)40-27(49)18(35-16(6)43)8-10-22(46)47)29(51)34-11-21(45)38-24(14(3)4)30(52)37-19(12-41)28(50)36-17(26(33)48)7-9-20(32)44/h13-15,17-19,23-25,41-42H,7-12H2,1-6H3,(H2,32,44)(H2,33,48)(H,34,51)(H,35,43)(H,36,50)(H,37,52)(H,38,45)(H,39,53)(H,40,49)(H,46,47)/t15-,17+,18+,19+,23+,24+,25+/m1/s1. The van der Waals surface area contributed by atoms with Gasteiger partial charge in [-0.3, -0.25) is 47.9 Å². The van der Waals surface area contributed by atoms with Gasteiger partial charge in [-0.2, -0.15) is 0 Å².